The summed E-state index contributed by atoms with van der Waals surface area (Å²) in [6.07, 6.45) is 2.12. The summed E-state index contributed by atoms with van der Waals surface area (Å²) in [4.78, 5) is 27.7. The number of nitrogens with zero attached hydrogens (tertiary/aromatic N) is 3. The quantitative estimate of drug-likeness (QED) is 0.621. The second kappa shape index (κ2) is 7.39. The first-order valence-corrected chi connectivity index (χ1v) is 8.90. The van der Waals surface area contributed by atoms with Crippen LogP contribution in [0.25, 0.3) is 0 Å². The predicted octanol–water partition coefficient (Wildman–Crippen LogP) is 2.69. The van der Waals surface area contributed by atoms with Crippen molar-refractivity contribution in [3.63, 3.8) is 0 Å². The lowest BCUT2D eigenvalue weighted by Gasteiger charge is -2.35. The van der Waals surface area contributed by atoms with E-state index in [1.165, 1.54) is 12.1 Å². The van der Waals surface area contributed by atoms with Crippen LogP contribution in [0.4, 0.5) is 11.4 Å². The monoisotopic (exact) mass is 347 g/mol. The summed E-state index contributed by atoms with van der Waals surface area (Å²) in [7, 11) is 0. The van der Waals surface area contributed by atoms with E-state index in [1.54, 1.807) is 11.0 Å². The number of rotatable bonds is 3. The summed E-state index contributed by atoms with van der Waals surface area (Å²) in [6.45, 7) is 7.43. The minimum atomic E-state index is -0.444. The molecule has 1 amide bonds. The van der Waals surface area contributed by atoms with E-state index in [2.05, 4.69) is 11.8 Å². The maximum absolute atomic E-state index is 13.1. The summed E-state index contributed by atoms with van der Waals surface area (Å²) in [5, 5.41) is 11.2. The molecule has 0 bridgehead atoms. The molecule has 136 valence electrons. The number of hydrogen-bond acceptors (Lipinski definition) is 5. The number of anilines is 1. The maximum atomic E-state index is 13.1. The molecule has 0 N–H and O–H groups in total. The van der Waals surface area contributed by atoms with Gasteiger partial charge in [-0.3, -0.25) is 14.9 Å². The molecular weight excluding hydrogens is 322 g/mol. The lowest BCUT2D eigenvalue weighted by molar-refractivity contribution is -0.384. The first kappa shape index (κ1) is 17.7. The molecule has 1 aromatic carbocycles. The third kappa shape index (κ3) is 3.92. The third-order valence-corrected chi connectivity index (χ3v) is 5.07. The van der Waals surface area contributed by atoms with Gasteiger partial charge in [0.1, 0.15) is 0 Å². The smallest absolute Gasteiger partial charge is 0.270 e. The minimum Gasteiger partial charge on any atom is -0.375 e. The summed E-state index contributed by atoms with van der Waals surface area (Å²) in [5.74, 6) is 0.529. The fourth-order valence-corrected chi connectivity index (χ4v) is 3.51. The Labute approximate surface area is 147 Å². The molecule has 0 aliphatic carbocycles. The van der Waals surface area contributed by atoms with Gasteiger partial charge in [0.05, 0.1) is 28.9 Å². The molecule has 2 heterocycles. The number of nitro groups is 1. The Morgan fingerprint density at radius 3 is 2.60 bits per heavy atom. The van der Waals surface area contributed by atoms with Crippen molar-refractivity contribution in [2.24, 2.45) is 5.92 Å². The number of non-ortho nitro benzene ring substituents is 1. The summed E-state index contributed by atoms with van der Waals surface area (Å²) in [5.41, 5.74) is 1.19. The molecule has 0 radical (unpaired) electrons. The van der Waals surface area contributed by atoms with E-state index >= 15 is 0 Å². The van der Waals surface area contributed by atoms with Gasteiger partial charge >= 0.3 is 0 Å². The fourth-order valence-electron chi connectivity index (χ4n) is 3.51. The van der Waals surface area contributed by atoms with Gasteiger partial charge in [-0.1, -0.05) is 6.92 Å². The van der Waals surface area contributed by atoms with Gasteiger partial charge in [0.2, 0.25) is 0 Å². The fraction of sp³-hybridized carbons (Fsp3) is 0.611. The molecule has 1 unspecified atom stereocenters. The van der Waals surface area contributed by atoms with Gasteiger partial charge in [-0.05, 0) is 31.7 Å². The van der Waals surface area contributed by atoms with Crippen LogP contribution in [0, 0.1) is 16.0 Å². The van der Waals surface area contributed by atoms with Gasteiger partial charge in [-0.2, -0.15) is 0 Å². The molecule has 0 saturated carbocycles. The molecule has 2 saturated heterocycles. The van der Waals surface area contributed by atoms with E-state index in [-0.39, 0.29) is 17.7 Å². The minimum absolute atomic E-state index is 0.0179. The zero-order chi connectivity index (χ0) is 18.0. The number of carbonyl (C=O) groups is 1. The second-order valence-electron chi connectivity index (χ2n) is 7.06. The van der Waals surface area contributed by atoms with Crippen molar-refractivity contribution in [2.75, 3.05) is 37.7 Å². The van der Waals surface area contributed by atoms with E-state index in [9.17, 15) is 14.9 Å². The molecule has 2 aliphatic rings. The van der Waals surface area contributed by atoms with Crippen molar-refractivity contribution in [2.45, 2.75) is 32.8 Å². The molecule has 2 aliphatic heterocycles. The lowest BCUT2D eigenvalue weighted by Crippen LogP contribution is -2.45. The lowest BCUT2D eigenvalue weighted by atomic mass is 9.97. The van der Waals surface area contributed by atoms with Gasteiger partial charge in [0.25, 0.3) is 11.6 Å². The Hall–Kier alpha value is -2.15. The summed E-state index contributed by atoms with van der Waals surface area (Å²) >= 11 is 0. The number of morpholine rings is 1. The van der Waals surface area contributed by atoms with E-state index in [4.69, 9.17) is 4.74 Å². The molecule has 7 nitrogen and oxygen atoms in total. The van der Waals surface area contributed by atoms with Crippen LogP contribution < -0.4 is 4.90 Å². The Bertz CT molecular complexity index is 656. The van der Waals surface area contributed by atoms with Crippen molar-refractivity contribution in [3.8, 4) is 0 Å². The average molecular weight is 347 g/mol. The Morgan fingerprint density at radius 2 is 1.96 bits per heavy atom. The molecule has 2 fully saturated rings. The molecule has 0 spiro atoms. The van der Waals surface area contributed by atoms with E-state index in [0.29, 0.717) is 31.2 Å². The van der Waals surface area contributed by atoms with Gasteiger partial charge < -0.3 is 14.5 Å². The first-order valence-electron chi connectivity index (χ1n) is 8.90. The number of ether oxygens (including phenoxy) is 1. The zero-order valence-corrected chi connectivity index (χ0v) is 14.8. The number of benzene rings is 1. The number of nitro benzene ring substituents is 1. The van der Waals surface area contributed by atoms with Crippen LogP contribution in [-0.2, 0) is 4.74 Å². The van der Waals surface area contributed by atoms with Crippen LogP contribution >= 0.6 is 0 Å². The molecule has 0 aromatic heterocycles. The number of piperidine rings is 1. The molecule has 3 rings (SSSR count). The molecule has 25 heavy (non-hydrogen) atoms. The van der Waals surface area contributed by atoms with Crippen molar-refractivity contribution >= 4 is 17.3 Å². The van der Waals surface area contributed by atoms with Crippen molar-refractivity contribution in [1.82, 2.24) is 4.90 Å². The van der Waals surface area contributed by atoms with E-state index in [1.807, 2.05) is 6.92 Å². The Balaban J connectivity index is 1.92. The number of carbonyl (C=O) groups excluding carboxylic acids is 1. The third-order valence-electron chi connectivity index (χ3n) is 5.07. The van der Waals surface area contributed by atoms with Crippen LogP contribution in [0.5, 0.6) is 0 Å². The highest BCUT2D eigenvalue weighted by atomic mass is 16.6. The van der Waals surface area contributed by atoms with Gasteiger partial charge in [0.15, 0.2) is 0 Å². The highest BCUT2D eigenvalue weighted by Crippen LogP contribution is 2.30. The van der Waals surface area contributed by atoms with Crippen LogP contribution in [-0.4, -0.2) is 54.6 Å². The molecule has 1 atom stereocenters. The van der Waals surface area contributed by atoms with Gasteiger partial charge in [-0.15, -0.1) is 0 Å². The standard InChI is InChI=1S/C18H25N3O4/c1-13-5-7-19(8-6-13)17-4-3-15(21(23)24)11-16(17)18(22)20-9-10-25-14(2)12-20/h3-4,11,13-14H,5-10,12H2,1-2H3. The summed E-state index contributed by atoms with van der Waals surface area (Å²) in [6, 6.07) is 4.65. The van der Waals surface area contributed by atoms with Crippen molar-refractivity contribution in [1.29, 1.82) is 0 Å². The normalized spacial score (nSPS) is 22.1. The second-order valence-corrected chi connectivity index (χ2v) is 7.06. The van der Waals surface area contributed by atoms with Crippen LogP contribution in [0.15, 0.2) is 18.2 Å². The van der Waals surface area contributed by atoms with Crippen LogP contribution in [0.3, 0.4) is 0 Å². The largest absolute Gasteiger partial charge is 0.375 e. The van der Waals surface area contributed by atoms with Crippen LogP contribution in [0.1, 0.15) is 37.0 Å². The molecule has 1 aromatic rings. The van der Waals surface area contributed by atoms with Crippen molar-refractivity contribution in [3.05, 3.63) is 33.9 Å². The van der Waals surface area contributed by atoms with E-state index in [0.717, 1.165) is 31.6 Å². The Kier molecular flexibility index (Phi) is 5.22. The van der Waals surface area contributed by atoms with Crippen LogP contribution in [0.2, 0.25) is 0 Å². The molecule has 7 heteroatoms. The highest BCUT2D eigenvalue weighted by Gasteiger charge is 2.28. The highest BCUT2D eigenvalue weighted by molar-refractivity contribution is 6.00. The number of amides is 1. The number of hydrogen-bond donors (Lipinski definition) is 0. The molecular formula is C18H25N3O4. The predicted molar refractivity (Wildman–Crippen MR) is 95.0 cm³/mol. The first-order chi connectivity index (χ1) is 12.0. The van der Waals surface area contributed by atoms with Gasteiger partial charge in [0, 0.05) is 38.3 Å². The van der Waals surface area contributed by atoms with Crippen molar-refractivity contribution < 1.29 is 14.5 Å². The summed E-state index contributed by atoms with van der Waals surface area (Å²) < 4.78 is 5.50. The van der Waals surface area contributed by atoms with Gasteiger partial charge in [-0.25, -0.2) is 0 Å². The van der Waals surface area contributed by atoms with E-state index < -0.39 is 4.92 Å². The zero-order valence-electron chi connectivity index (χ0n) is 14.8. The topological polar surface area (TPSA) is 75.9 Å². The average Bonchev–Trinajstić information content (AvgIpc) is 2.61. The SMILES string of the molecule is CC1CCN(c2ccc([N+](=O)[O-])cc2C(=O)N2CCOC(C)C2)CC1. The Morgan fingerprint density at radius 1 is 1.24 bits per heavy atom. The maximum Gasteiger partial charge on any atom is 0.270 e.